The van der Waals surface area contributed by atoms with Gasteiger partial charge < -0.3 is 10.2 Å². The summed E-state index contributed by atoms with van der Waals surface area (Å²) in [6.45, 7) is 2.19. The van der Waals surface area contributed by atoms with Crippen LogP contribution in [0.5, 0.6) is 0 Å². The minimum atomic E-state index is -3.53. The standard InChI is InChI=1S/C28H38FN3O4S/c1-3-26(28(34)30-24-11-6-4-7-12-24)31(21-22-16-18-23(29)19-17-22)27(33)15-10-20-32(37(2,35)36)25-13-8-5-9-14-25/h5,8-9,13-14,16-19,24,26H,3-4,6-7,10-12,15,20-21H2,1-2H3,(H,30,34)/t26-/m0/s1. The van der Waals surface area contributed by atoms with E-state index in [1.54, 1.807) is 41.3 Å². The summed E-state index contributed by atoms with van der Waals surface area (Å²) in [6.07, 6.45) is 7.16. The second-order valence-electron chi connectivity index (χ2n) is 9.69. The molecule has 9 heteroatoms. The van der Waals surface area contributed by atoms with E-state index in [1.165, 1.54) is 22.9 Å². The smallest absolute Gasteiger partial charge is 0.243 e. The molecule has 2 aromatic carbocycles. The second kappa shape index (κ2) is 13.6. The van der Waals surface area contributed by atoms with Crippen molar-refractivity contribution in [2.24, 2.45) is 0 Å². The Labute approximate surface area is 220 Å². The molecule has 0 aliphatic heterocycles. The Balaban J connectivity index is 1.74. The van der Waals surface area contributed by atoms with Crippen molar-refractivity contribution in [2.45, 2.75) is 76.9 Å². The SMILES string of the molecule is CC[C@@H](C(=O)NC1CCCCC1)N(Cc1ccc(F)cc1)C(=O)CCCN(c1ccccc1)S(C)(=O)=O. The molecule has 7 nitrogen and oxygen atoms in total. The molecule has 2 aromatic rings. The van der Waals surface area contributed by atoms with Gasteiger partial charge in [0.25, 0.3) is 0 Å². The molecule has 1 saturated carbocycles. The molecule has 1 atom stereocenters. The minimum absolute atomic E-state index is 0.0766. The first-order chi connectivity index (χ1) is 17.7. The van der Waals surface area contributed by atoms with Crippen LogP contribution in [0.25, 0.3) is 0 Å². The summed E-state index contributed by atoms with van der Waals surface area (Å²) in [5, 5.41) is 3.14. The molecular weight excluding hydrogens is 493 g/mol. The number of amides is 2. The van der Waals surface area contributed by atoms with Crippen molar-refractivity contribution >= 4 is 27.5 Å². The van der Waals surface area contributed by atoms with Crippen molar-refractivity contribution in [1.29, 1.82) is 0 Å². The summed E-state index contributed by atoms with van der Waals surface area (Å²) in [6, 6.07) is 14.1. The van der Waals surface area contributed by atoms with Gasteiger partial charge in [-0.3, -0.25) is 13.9 Å². The molecular formula is C28H38FN3O4S. The first-order valence-corrected chi connectivity index (χ1v) is 14.9. The van der Waals surface area contributed by atoms with Gasteiger partial charge in [-0.25, -0.2) is 12.8 Å². The number of nitrogens with one attached hydrogen (secondary N) is 1. The molecule has 1 fully saturated rings. The number of rotatable bonds is 12. The summed E-state index contributed by atoms with van der Waals surface area (Å²) in [5.74, 6) is -0.783. The van der Waals surface area contributed by atoms with Crippen LogP contribution >= 0.6 is 0 Å². The summed E-state index contributed by atoms with van der Waals surface area (Å²) in [4.78, 5) is 28.3. The number of anilines is 1. The highest BCUT2D eigenvalue weighted by Gasteiger charge is 2.30. The Morgan fingerprint density at radius 3 is 2.27 bits per heavy atom. The maximum Gasteiger partial charge on any atom is 0.243 e. The number of benzene rings is 2. The Morgan fingerprint density at radius 2 is 1.68 bits per heavy atom. The van der Waals surface area contributed by atoms with E-state index in [9.17, 15) is 22.4 Å². The van der Waals surface area contributed by atoms with Gasteiger partial charge in [0.1, 0.15) is 11.9 Å². The van der Waals surface area contributed by atoms with Crippen molar-refractivity contribution in [2.75, 3.05) is 17.1 Å². The van der Waals surface area contributed by atoms with Gasteiger partial charge in [0.05, 0.1) is 11.9 Å². The number of para-hydroxylation sites is 1. The van der Waals surface area contributed by atoms with E-state index < -0.39 is 16.1 Å². The number of sulfonamides is 1. The molecule has 0 radical (unpaired) electrons. The molecule has 3 rings (SSSR count). The molecule has 1 aliphatic rings. The Morgan fingerprint density at radius 1 is 1.03 bits per heavy atom. The van der Waals surface area contributed by atoms with Gasteiger partial charge in [0.2, 0.25) is 21.8 Å². The fraction of sp³-hybridized carbons (Fsp3) is 0.500. The molecule has 202 valence electrons. The van der Waals surface area contributed by atoms with E-state index in [1.807, 2.05) is 13.0 Å². The average Bonchev–Trinajstić information content (AvgIpc) is 2.88. The van der Waals surface area contributed by atoms with E-state index in [-0.39, 0.29) is 43.2 Å². The normalized spacial score (nSPS) is 15.1. The maximum atomic E-state index is 13.5. The molecule has 2 amide bonds. The Kier molecular flexibility index (Phi) is 10.5. The highest BCUT2D eigenvalue weighted by Crippen LogP contribution is 2.21. The van der Waals surface area contributed by atoms with Crippen LogP contribution in [-0.2, 0) is 26.2 Å². The molecule has 0 aromatic heterocycles. The lowest BCUT2D eigenvalue weighted by Crippen LogP contribution is -2.51. The summed E-state index contributed by atoms with van der Waals surface area (Å²) >= 11 is 0. The first-order valence-electron chi connectivity index (χ1n) is 13.1. The zero-order valence-corrected chi connectivity index (χ0v) is 22.6. The summed E-state index contributed by atoms with van der Waals surface area (Å²) < 4.78 is 39.5. The van der Waals surface area contributed by atoms with Gasteiger partial charge in [0, 0.05) is 25.6 Å². The number of halogens is 1. The summed E-state index contributed by atoms with van der Waals surface area (Å²) in [5.41, 5.74) is 1.26. The molecule has 0 heterocycles. The van der Waals surface area contributed by atoms with Crippen LogP contribution < -0.4 is 9.62 Å². The van der Waals surface area contributed by atoms with Crippen LogP contribution in [0.2, 0.25) is 0 Å². The van der Waals surface area contributed by atoms with Crippen LogP contribution in [-0.4, -0.2) is 50.0 Å². The van der Waals surface area contributed by atoms with Crippen LogP contribution in [0.3, 0.4) is 0 Å². The van der Waals surface area contributed by atoms with Crippen LogP contribution in [0.1, 0.15) is 63.9 Å². The predicted molar refractivity (Wildman–Crippen MR) is 144 cm³/mol. The van der Waals surface area contributed by atoms with Crippen molar-refractivity contribution in [3.05, 3.63) is 66.0 Å². The fourth-order valence-electron chi connectivity index (χ4n) is 4.85. The van der Waals surface area contributed by atoms with Gasteiger partial charge in [0.15, 0.2) is 0 Å². The second-order valence-corrected chi connectivity index (χ2v) is 11.6. The van der Waals surface area contributed by atoms with Gasteiger partial charge in [-0.1, -0.05) is 56.5 Å². The van der Waals surface area contributed by atoms with Gasteiger partial charge in [-0.05, 0) is 55.5 Å². The third kappa shape index (κ3) is 8.55. The van der Waals surface area contributed by atoms with E-state index in [0.29, 0.717) is 18.5 Å². The average molecular weight is 532 g/mol. The third-order valence-electron chi connectivity index (χ3n) is 6.80. The van der Waals surface area contributed by atoms with Gasteiger partial charge in [-0.2, -0.15) is 0 Å². The quantitative estimate of drug-likeness (QED) is 0.433. The van der Waals surface area contributed by atoms with Gasteiger partial charge >= 0.3 is 0 Å². The maximum absolute atomic E-state index is 13.5. The zero-order chi connectivity index (χ0) is 26.8. The molecule has 0 saturated heterocycles. The van der Waals surface area contributed by atoms with Crippen molar-refractivity contribution < 1.29 is 22.4 Å². The van der Waals surface area contributed by atoms with Gasteiger partial charge in [-0.15, -0.1) is 0 Å². The lowest BCUT2D eigenvalue weighted by molar-refractivity contribution is -0.141. The Bertz CT molecular complexity index is 1120. The van der Waals surface area contributed by atoms with Crippen molar-refractivity contribution in [3.8, 4) is 0 Å². The van der Waals surface area contributed by atoms with E-state index >= 15 is 0 Å². The summed E-state index contributed by atoms with van der Waals surface area (Å²) in [7, 11) is -3.53. The van der Waals surface area contributed by atoms with Crippen LogP contribution in [0, 0.1) is 5.82 Å². The van der Waals surface area contributed by atoms with Crippen LogP contribution in [0.15, 0.2) is 54.6 Å². The molecule has 1 aliphatic carbocycles. The lowest BCUT2D eigenvalue weighted by atomic mass is 9.95. The number of hydrogen-bond acceptors (Lipinski definition) is 4. The number of nitrogens with zero attached hydrogens (tertiary/aromatic N) is 2. The first kappa shape index (κ1) is 28.6. The molecule has 1 N–H and O–H groups in total. The van der Waals surface area contributed by atoms with Crippen LogP contribution in [0.4, 0.5) is 10.1 Å². The Hall–Kier alpha value is -2.94. The number of carbonyl (C=O) groups is 2. The highest BCUT2D eigenvalue weighted by molar-refractivity contribution is 7.92. The predicted octanol–water partition coefficient (Wildman–Crippen LogP) is 4.63. The molecule has 0 bridgehead atoms. The van der Waals surface area contributed by atoms with Crippen molar-refractivity contribution in [3.63, 3.8) is 0 Å². The molecule has 0 spiro atoms. The van der Waals surface area contributed by atoms with E-state index in [4.69, 9.17) is 0 Å². The zero-order valence-electron chi connectivity index (χ0n) is 21.7. The fourth-order valence-corrected chi connectivity index (χ4v) is 5.81. The number of carbonyl (C=O) groups excluding carboxylic acids is 2. The largest absolute Gasteiger partial charge is 0.352 e. The monoisotopic (exact) mass is 531 g/mol. The van der Waals surface area contributed by atoms with E-state index in [2.05, 4.69) is 5.32 Å². The molecule has 0 unspecified atom stereocenters. The topological polar surface area (TPSA) is 86.8 Å². The molecule has 37 heavy (non-hydrogen) atoms. The third-order valence-corrected chi connectivity index (χ3v) is 7.99. The lowest BCUT2D eigenvalue weighted by Gasteiger charge is -2.33. The highest BCUT2D eigenvalue weighted by atomic mass is 32.2. The van der Waals surface area contributed by atoms with Crippen molar-refractivity contribution in [1.82, 2.24) is 10.2 Å². The van der Waals surface area contributed by atoms with E-state index in [0.717, 1.165) is 37.5 Å². The number of hydrogen-bond donors (Lipinski definition) is 1. The minimum Gasteiger partial charge on any atom is -0.352 e.